The molecule has 1 fully saturated rings. The van der Waals surface area contributed by atoms with Gasteiger partial charge in [-0.25, -0.2) is 0 Å². The van der Waals surface area contributed by atoms with Crippen molar-refractivity contribution in [1.29, 1.82) is 0 Å². The van der Waals surface area contributed by atoms with E-state index in [9.17, 15) is 0 Å². The molecule has 3 nitrogen and oxygen atoms in total. The number of hydrogen-bond acceptors (Lipinski definition) is 3. The minimum atomic E-state index is 0.241. The van der Waals surface area contributed by atoms with Gasteiger partial charge in [0.25, 0.3) is 0 Å². The van der Waals surface area contributed by atoms with Crippen molar-refractivity contribution in [3.63, 3.8) is 0 Å². The zero-order valence-electron chi connectivity index (χ0n) is 13.8. The minimum absolute atomic E-state index is 0.241. The predicted octanol–water partition coefficient (Wildman–Crippen LogP) is 3.23. The van der Waals surface area contributed by atoms with Crippen molar-refractivity contribution >= 4 is 5.69 Å². The molecule has 0 saturated carbocycles. The summed E-state index contributed by atoms with van der Waals surface area (Å²) in [4.78, 5) is 2.40. The van der Waals surface area contributed by atoms with Gasteiger partial charge < -0.3 is 15.0 Å². The first-order valence-corrected chi connectivity index (χ1v) is 8.22. The lowest BCUT2D eigenvalue weighted by Gasteiger charge is -2.41. The molecule has 0 amide bonds. The van der Waals surface area contributed by atoms with E-state index < -0.39 is 0 Å². The summed E-state index contributed by atoms with van der Waals surface area (Å²) in [5.74, 6) is 0. The Morgan fingerprint density at radius 2 is 2.14 bits per heavy atom. The topological polar surface area (TPSA) is 24.5 Å². The summed E-state index contributed by atoms with van der Waals surface area (Å²) in [6.45, 7) is 9.40. The highest BCUT2D eigenvalue weighted by molar-refractivity contribution is 5.52. The lowest BCUT2D eigenvalue weighted by Crippen LogP contribution is -2.48. The van der Waals surface area contributed by atoms with Gasteiger partial charge in [0.15, 0.2) is 0 Å². The van der Waals surface area contributed by atoms with Crippen LogP contribution in [0.4, 0.5) is 5.69 Å². The number of hydrogen-bond donors (Lipinski definition) is 1. The van der Waals surface area contributed by atoms with E-state index in [0.717, 1.165) is 32.8 Å². The quantitative estimate of drug-likeness (QED) is 0.780. The zero-order chi connectivity index (χ0) is 15.1. The second kappa shape index (κ2) is 7.81. The van der Waals surface area contributed by atoms with Gasteiger partial charge in [-0.3, -0.25) is 0 Å². The number of anilines is 1. The van der Waals surface area contributed by atoms with Gasteiger partial charge in [0.1, 0.15) is 0 Å². The second-order valence-electron chi connectivity index (χ2n) is 6.48. The molecule has 21 heavy (non-hydrogen) atoms. The standard InChI is InChI=1S/C18H30N2O/c1-4-11-19-13-18(10-7-12-21-15-18)14-20(3)17-9-6-5-8-16(17)2/h5-6,8-9,19H,4,7,10-15H2,1-3H3. The first-order valence-electron chi connectivity index (χ1n) is 8.22. The largest absolute Gasteiger partial charge is 0.381 e. The molecule has 1 aliphatic heterocycles. The Morgan fingerprint density at radius 1 is 1.33 bits per heavy atom. The first kappa shape index (κ1) is 16.3. The number of para-hydroxylation sites is 1. The fourth-order valence-electron chi connectivity index (χ4n) is 3.34. The molecule has 1 aromatic rings. The Hall–Kier alpha value is -1.06. The van der Waals surface area contributed by atoms with E-state index in [0.29, 0.717) is 0 Å². The van der Waals surface area contributed by atoms with Crippen LogP contribution in [-0.4, -0.2) is 39.9 Å². The van der Waals surface area contributed by atoms with E-state index in [1.807, 2.05) is 0 Å². The number of ether oxygens (including phenoxy) is 1. The molecular formula is C18H30N2O. The number of rotatable bonds is 7. The highest BCUT2D eigenvalue weighted by Crippen LogP contribution is 2.31. The smallest absolute Gasteiger partial charge is 0.0551 e. The van der Waals surface area contributed by atoms with Crippen molar-refractivity contribution in [2.45, 2.75) is 33.1 Å². The van der Waals surface area contributed by atoms with E-state index in [-0.39, 0.29) is 5.41 Å². The van der Waals surface area contributed by atoms with Crippen LogP contribution in [0.5, 0.6) is 0 Å². The lowest BCUT2D eigenvalue weighted by atomic mass is 9.81. The Balaban J connectivity index is 2.05. The van der Waals surface area contributed by atoms with Gasteiger partial charge in [-0.05, 0) is 44.4 Å². The minimum Gasteiger partial charge on any atom is -0.381 e. The Kier molecular flexibility index (Phi) is 6.07. The van der Waals surface area contributed by atoms with E-state index in [1.54, 1.807) is 0 Å². The second-order valence-corrected chi connectivity index (χ2v) is 6.48. The maximum absolute atomic E-state index is 5.82. The molecule has 1 aliphatic rings. The molecule has 1 unspecified atom stereocenters. The molecular weight excluding hydrogens is 260 g/mol. The molecule has 1 heterocycles. The van der Waals surface area contributed by atoms with E-state index >= 15 is 0 Å². The molecule has 0 aromatic heterocycles. The normalized spacial score (nSPS) is 22.2. The van der Waals surface area contributed by atoms with Gasteiger partial charge in [0.05, 0.1) is 6.61 Å². The average molecular weight is 290 g/mol. The van der Waals surface area contributed by atoms with Gasteiger partial charge >= 0.3 is 0 Å². The Labute approximate surface area is 129 Å². The van der Waals surface area contributed by atoms with Crippen LogP contribution in [0.2, 0.25) is 0 Å². The molecule has 1 aromatic carbocycles. The number of aryl methyl sites for hydroxylation is 1. The number of nitrogens with one attached hydrogen (secondary N) is 1. The third-order valence-electron chi connectivity index (χ3n) is 4.43. The summed E-state index contributed by atoms with van der Waals surface area (Å²) in [6.07, 6.45) is 3.61. The van der Waals surface area contributed by atoms with Crippen molar-refractivity contribution in [2.75, 3.05) is 44.8 Å². The summed E-state index contributed by atoms with van der Waals surface area (Å²) in [5, 5.41) is 3.61. The molecule has 118 valence electrons. The van der Waals surface area contributed by atoms with E-state index in [1.165, 1.54) is 30.5 Å². The Morgan fingerprint density at radius 3 is 2.81 bits per heavy atom. The van der Waals surface area contributed by atoms with Crippen molar-refractivity contribution in [2.24, 2.45) is 5.41 Å². The molecule has 0 spiro atoms. The molecule has 1 saturated heterocycles. The SMILES string of the molecule is CCCNCC1(CN(C)c2ccccc2C)CCCOC1. The number of benzene rings is 1. The van der Waals surface area contributed by atoms with Crippen LogP contribution in [0.1, 0.15) is 31.7 Å². The average Bonchev–Trinajstić information content (AvgIpc) is 2.49. The van der Waals surface area contributed by atoms with Crippen molar-refractivity contribution in [3.05, 3.63) is 29.8 Å². The fourth-order valence-corrected chi connectivity index (χ4v) is 3.34. The molecule has 1 N–H and O–H groups in total. The van der Waals surface area contributed by atoms with Crippen molar-refractivity contribution < 1.29 is 4.74 Å². The zero-order valence-corrected chi connectivity index (χ0v) is 13.8. The monoisotopic (exact) mass is 290 g/mol. The third-order valence-corrected chi connectivity index (χ3v) is 4.43. The predicted molar refractivity (Wildman–Crippen MR) is 90.1 cm³/mol. The van der Waals surface area contributed by atoms with Crippen LogP contribution < -0.4 is 10.2 Å². The molecule has 0 radical (unpaired) electrons. The summed E-state index contributed by atoms with van der Waals surface area (Å²) in [7, 11) is 2.21. The summed E-state index contributed by atoms with van der Waals surface area (Å²) in [6, 6.07) is 8.63. The van der Waals surface area contributed by atoms with Crippen LogP contribution in [-0.2, 0) is 4.74 Å². The van der Waals surface area contributed by atoms with Gasteiger partial charge in [0.2, 0.25) is 0 Å². The maximum Gasteiger partial charge on any atom is 0.0551 e. The third kappa shape index (κ3) is 4.45. The van der Waals surface area contributed by atoms with Gasteiger partial charge in [-0.2, -0.15) is 0 Å². The molecule has 3 heteroatoms. The van der Waals surface area contributed by atoms with Gasteiger partial charge in [-0.1, -0.05) is 25.1 Å². The van der Waals surface area contributed by atoms with Crippen LogP contribution in [0.3, 0.4) is 0 Å². The maximum atomic E-state index is 5.82. The van der Waals surface area contributed by atoms with Crippen LogP contribution >= 0.6 is 0 Å². The molecule has 2 rings (SSSR count). The Bertz CT molecular complexity index is 427. The lowest BCUT2D eigenvalue weighted by molar-refractivity contribution is -0.00265. The van der Waals surface area contributed by atoms with Crippen molar-refractivity contribution in [3.8, 4) is 0 Å². The summed E-state index contributed by atoms with van der Waals surface area (Å²) in [5.41, 5.74) is 2.91. The van der Waals surface area contributed by atoms with Gasteiger partial charge in [-0.15, -0.1) is 0 Å². The summed E-state index contributed by atoms with van der Waals surface area (Å²) >= 11 is 0. The van der Waals surface area contributed by atoms with E-state index in [2.05, 4.69) is 55.4 Å². The van der Waals surface area contributed by atoms with Crippen LogP contribution in [0.15, 0.2) is 24.3 Å². The fraction of sp³-hybridized carbons (Fsp3) is 0.667. The highest BCUT2D eigenvalue weighted by Gasteiger charge is 2.34. The van der Waals surface area contributed by atoms with Crippen LogP contribution in [0, 0.1) is 12.3 Å². The van der Waals surface area contributed by atoms with E-state index in [4.69, 9.17) is 4.74 Å². The van der Waals surface area contributed by atoms with Crippen LogP contribution in [0.25, 0.3) is 0 Å². The van der Waals surface area contributed by atoms with Crippen molar-refractivity contribution in [1.82, 2.24) is 5.32 Å². The van der Waals surface area contributed by atoms with Gasteiger partial charge in [0, 0.05) is 37.8 Å². The molecule has 0 bridgehead atoms. The first-order chi connectivity index (χ1) is 10.2. The summed E-state index contributed by atoms with van der Waals surface area (Å²) < 4.78 is 5.82. The highest BCUT2D eigenvalue weighted by atomic mass is 16.5. The molecule has 1 atom stereocenters. The molecule has 0 aliphatic carbocycles. The number of nitrogens with zero attached hydrogens (tertiary/aromatic N) is 1.